The molecule has 0 aliphatic rings. The summed E-state index contributed by atoms with van der Waals surface area (Å²) in [5.74, 6) is 2.26. The number of hydrogen-bond acceptors (Lipinski definition) is 5. The lowest BCUT2D eigenvalue weighted by Gasteiger charge is -2.17. The molecule has 0 fully saturated rings. The van der Waals surface area contributed by atoms with Crippen molar-refractivity contribution >= 4 is 27.4 Å². The van der Waals surface area contributed by atoms with E-state index in [1.54, 1.807) is 10.8 Å². The molecular weight excluding hydrogens is 629 g/mol. The lowest BCUT2D eigenvalue weighted by molar-refractivity contribution is -0.00609. The molecule has 2 N–H and O–H groups in total. The van der Waals surface area contributed by atoms with Crippen LogP contribution >= 0.6 is 21.6 Å². The van der Waals surface area contributed by atoms with Crippen LogP contribution < -0.4 is 5.73 Å². The van der Waals surface area contributed by atoms with Crippen LogP contribution in [0.5, 0.6) is 0 Å². The predicted octanol–water partition coefficient (Wildman–Crippen LogP) is 13.7. The zero-order valence-electron chi connectivity index (χ0n) is 31.9. The Labute approximate surface area is 307 Å². The molecule has 0 amide bonds. The van der Waals surface area contributed by atoms with Crippen LogP contribution in [0.2, 0.25) is 0 Å². The van der Waals surface area contributed by atoms with Crippen LogP contribution in [-0.4, -0.2) is 43.4 Å². The normalized spacial score (nSPS) is 13.4. The van der Waals surface area contributed by atoms with Gasteiger partial charge in [0.1, 0.15) is 0 Å². The highest BCUT2D eigenvalue weighted by molar-refractivity contribution is 8.76. The van der Waals surface area contributed by atoms with E-state index < -0.39 is 0 Å². The number of amidine groups is 1. The number of nitrogens with zero attached hydrogens (tertiary/aromatic N) is 1. The highest BCUT2D eigenvalue weighted by atomic mass is 33.1. The minimum Gasteiger partial charge on any atom is -0.388 e. The van der Waals surface area contributed by atoms with Crippen molar-refractivity contribution in [1.29, 1.82) is 0 Å². The number of rotatable bonds is 38. The first-order valence-electron chi connectivity index (χ1n) is 20.0. The third-order valence-corrected chi connectivity index (χ3v) is 10.3. The Morgan fingerprint density at radius 1 is 0.562 bits per heavy atom. The standard InChI is InChI=1S/C42H78N2O2S2/c1-4-6-8-10-12-14-16-18-20-22-24-26-28-30-32-34-36-45-38-42(39-47-48-40-44-41(3)43)46-37-35-33-31-29-27-25-23-21-19-17-15-13-11-9-7-5-2/h12-15,18-21,42H,4-11,16-17,22-40H2,1-3H3,(H2,43,44)/b14-12-,15-13-,20-18-,21-19-. The highest BCUT2D eigenvalue weighted by Crippen LogP contribution is 2.23. The van der Waals surface area contributed by atoms with E-state index in [1.165, 1.54) is 128 Å². The fourth-order valence-electron chi connectivity index (χ4n) is 5.18. The smallest absolute Gasteiger partial charge is 0.0966 e. The Morgan fingerprint density at radius 3 is 1.48 bits per heavy atom. The van der Waals surface area contributed by atoms with Gasteiger partial charge in [-0.1, -0.05) is 161 Å². The number of aliphatic imine (C=N–C) groups is 1. The Kier molecular flexibility index (Phi) is 41.4. The zero-order chi connectivity index (χ0) is 34.9. The molecule has 4 nitrogen and oxygen atoms in total. The second kappa shape index (κ2) is 42.2. The highest BCUT2D eigenvalue weighted by Gasteiger charge is 2.10. The van der Waals surface area contributed by atoms with Crippen molar-refractivity contribution in [2.75, 3.05) is 31.5 Å². The van der Waals surface area contributed by atoms with E-state index in [9.17, 15) is 0 Å². The maximum Gasteiger partial charge on any atom is 0.0966 e. The topological polar surface area (TPSA) is 56.8 Å². The fourth-order valence-corrected chi connectivity index (χ4v) is 7.08. The molecule has 0 spiro atoms. The molecule has 0 aromatic carbocycles. The van der Waals surface area contributed by atoms with Crippen LogP contribution in [0.4, 0.5) is 0 Å². The van der Waals surface area contributed by atoms with Crippen molar-refractivity contribution in [3.63, 3.8) is 0 Å². The van der Waals surface area contributed by atoms with Crippen molar-refractivity contribution in [1.82, 2.24) is 0 Å². The number of nitrogens with two attached hydrogens (primary N) is 1. The summed E-state index contributed by atoms with van der Waals surface area (Å²) in [6.45, 7) is 8.73. The van der Waals surface area contributed by atoms with E-state index in [4.69, 9.17) is 15.2 Å². The molecule has 1 unspecified atom stereocenters. The molecule has 1 atom stereocenters. The summed E-state index contributed by atoms with van der Waals surface area (Å²) in [5, 5.41) is 0. The maximum absolute atomic E-state index is 6.28. The summed E-state index contributed by atoms with van der Waals surface area (Å²) >= 11 is 0. The number of allylic oxidation sites excluding steroid dienone is 8. The van der Waals surface area contributed by atoms with Gasteiger partial charge in [0.2, 0.25) is 0 Å². The van der Waals surface area contributed by atoms with Crippen LogP contribution in [0.1, 0.15) is 175 Å². The van der Waals surface area contributed by atoms with Crippen LogP contribution in [0.3, 0.4) is 0 Å². The van der Waals surface area contributed by atoms with Gasteiger partial charge < -0.3 is 15.2 Å². The lowest BCUT2D eigenvalue weighted by atomic mass is 10.1. The van der Waals surface area contributed by atoms with Crippen LogP contribution in [0.25, 0.3) is 0 Å². The molecule has 0 saturated carbocycles. The molecule has 0 rings (SSSR count). The number of unbranched alkanes of at least 4 members (excludes halogenated alkanes) is 18. The number of hydrogen-bond donors (Lipinski definition) is 1. The summed E-state index contributed by atoms with van der Waals surface area (Å²) in [6, 6.07) is 0. The van der Waals surface area contributed by atoms with Gasteiger partial charge in [0, 0.05) is 19.0 Å². The van der Waals surface area contributed by atoms with Gasteiger partial charge in [0.05, 0.1) is 24.4 Å². The Balaban J connectivity index is 3.86. The Morgan fingerprint density at radius 2 is 1.00 bits per heavy atom. The molecule has 0 heterocycles. The van der Waals surface area contributed by atoms with E-state index in [2.05, 4.69) is 67.4 Å². The second-order valence-electron chi connectivity index (χ2n) is 13.1. The first-order valence-corrected chi connectivity index (χ1v) is 22.5. The first-order chi connectivity index (χ1) is 23.7. The molecule has 0 bridgehead atoms. The van der Waals surface area contributed by atoms with E-state index in [0.717, 1.165) is 44.6 Å². The first kappa shape index (κ1) is 47.0. The van der Waals surface area contributed by atoms with Gasteiger partial charge >= 0.3 is 0 Å². The summed E-state index contributed by atoms with van der Waals surface area (Å²) in [5.41, 5.74) is 5.67. The molecule has 0 radical (unpaired) electrons. The van der Waals surface area contributed by atoms with Gasteiger partial charge in [-0.15, -0.1) is 0 Å². The third kappa shape index (κ3) is 41.2. The van der Waals surface area contributed by atoms with E-state index in [1.807, 2.05) is 17.7 Å². The monoisotopic (exact) mass is 707 g/mol. The molecule has 280 valence electrons. The van der Waals surface area contributed by atoms with Crippen molar-refractivity contribution < 1.29 is 9.47 Å². The molecule has 0 saturated heterocycles. The molecule has 0 aliphatic carbocycles. The lowest BCUT2D eigenvalue weighted by Crippen LogP contribution is -2.23. The van der Waals surface area contributed by atoms with Crippen LogP contribution in [-0.2, 0) is 9.47 Å². The quantitative estimate of drug-likeness (QED) is 0.0228. The molecule has 0 aromatic rings. The van der Waals surface area contributed by atoms with Gasteiger partial charge in [0.15, 0.2) is 0 Å². The average Bonchev–Trinajstić information content (AvgIpc) is 3.08. The minimum absolute atomic E-state index is 0.146. The summed E-state index contributed by atoms with van der Waals surface area (Å²) in [6.07, 6.45) is 49.3. The fraction of sp³-hybridized carbons (Fsp3) is 0.786. The molecule has 0 aliphatic heterocycles. The van der Waals surface area contributed by atoms with Crippen molar-refractivity contribution in [2.24, 2.45) is 10.7 Å². The van der Waals surface area contributed by atoms with Gasteiger partial charge in [-0.2, -0.15) is 0 Å². The zero-order valence-corrected chi connectivity index (χ0v) is 33.5. The molecular formula is C42H78N2O2S2. The maximum atomic E-state index is 6.28. The van der Waals surface area contributed by atoms with E-state index in [0.29, 0.717) is 18.3 Å². The summed E-state index contributed by atoms with van der Waals surface area (Å²) < 4.78 is 12.4. The third-order valence-electron chi connectivity index (χ3n) is 8.20. The van der Waals surface area contributed by atoms with Crippen LogP contribution in [0.15, 0.2) is 53.6 Å². The predicted molar refractivity (Wildman–Crippen MR) is 221 cm³/mol. The van der Waals surface area contributed by atoms with E-state index >= 15 is 0 Å². The Bertz CT molecular complexity index is 778. The average molecular weight is 707 g/mol. The largest absolute Gasteiger partial charge is 0.388 e. The molecule has 48 heavy (non-hydrogen) atoms. The summed E-state index contributed by atoms with van der Waals surface area (Å²) in [7, 11) is 3.55. The van der Waals surface area contributed by atoms with Crippen molar-refractivity contribution in [2.45, 2.75) is 181 Å². The van der Waals surface area contributed by atoms with Gasteiger partial charge in [-0.05, 0) is 84.0 Å². The molecule has 6 heteroatoms. The van der Waals surface area contributed by atoms with Gasteiger partial charge in [0.25, 0.3) is 0 Å². The SMILES string of the molecule is CCCCC/C=C\C/C=C\CCCCCCCCOCC(CSSCN=C(C)N)OCCCCCCCC/C=C\C/C=C\CCCCC. The molecule has 0 aromatic heterocycles. The van der Waals surface area contributed by atoms with Crippen molar-refractivity contribution in [3.05, 3.63) is 48.6 Å². The van der Waals surface area contributed by atoms with Crippen LogP contribution in [0, 0.1) is 0 Å². The van der Waals surface area contributed by atoms with Crippen molar-refractivity contribution in [3.8, 4) is 0 Å². The summed E-state index contributed by atoms with van der Waals surface area (Å²) in [4.78, 5) is 4.28. The second-order valence-corrected chi connectivity index (χ2v) is 15.5. The van der Waals surface area contributed by atoms with E-state index in [-0.39, 0.29) is 6.10 Å². The number of ether oxygens (including phenoxy) is 2. The van der Waals surface area contributed by atoms with Gasteiger partial charge in [-0.25, -0.2) is 0 Å². The minimum atomic E-state index is 0.146. The van der Waals surface area contributed by atoms with Gasteiger partial charge in [-0.3, -0.25) is 4.99 Å². The Hall–Kier alpha value is -0.950.